The van der Waals surface area contributed by atoms with Gasteiger partial charge >= 0.3 is 118 Å². The zero-order chi connectivity index (χ0) is 31.7. The standard InChI is InChI=1S/C20H24O18S4.4Na/c1-33-17-6-11(3-4-16(17)37-41(27,28)29)20-14-8-19(38-42(30,31)32)18(34-2)7-12(14)5-13(9-35-39(21,22)23)15(20)10-36-40(24,25)26;;;;/h3-4,6-8,13,15,20H,5,9-10H2,1-2H3,(H,21,22,23)(H,24,25,26)(H,27,28,29)(H,30,31,32);;;;/q;4*+1/p-4/t13-,15-,20-;;;;/m0..../s1. The van der Waals surface area contributed by atoms with Gasteiger partial charge in [-0.2, -0.15) is 0 Å². The molecule has 0 unspecified atom stereocenters. The molecule has 3 atom stereocenters. The third-order valence-corrected chi connectivity index (χ3v) is 7.65. The van der Waals surface area contributed by atoms with E-state index < -0.39 is 84.1 Å². The van der Waals surface area contributed by atoms with Crippen LogP contribution in [0.15, 0.2) is 30.3 Å². The Kier molecular flexibility index (Phi) is 21.1. The molecule has 46 heavy (non-hydrogen) atoms. The number of rotatable bonds is 13. The third kappa shape index (κ3) is 15.2. The van der Waals surface area contributed by atoms with Crippen LogP contribution in [0.3, 0.4) is 0 Å². The second-order valence-corrected chi connectivity index (χ2v) is 12.7. The van der Waals surface area contributed by atoms with E-state index in [1.807, 2.05) is 0 Å². The van der Waals surface area contributed by atoms with Crippen LogP contribution in [0.5, 0.6) is 23.0 Å². The Morgan fingerprint density at radius 3 is 1.59 bits per heavy atom. The van der Waals surface area contributed by atoms with Crippen molar-refractivity contribution in [3.05, 3.63) is 47.0 Å². The van der Waals surface area contributed by atoms with Crippen LogP contribution in [0.25, 0.3) is 0 Å². The van der Waals surface area contributed by atoms with E-state index in [1.54, 1.807) is 0 Å². The van der Waals surface area contributed by atoms with Crippen molar-refractivity contribution in [2.24, 2.45) is 11.8 Å². The van der Waals surface area contributed by atoms with Gasteiger partial charge in [0, 0.05) is 5.92 Å². The quantitative estimate of drug-likeness (QED) is 0.104. The molecule has 26 heteroatoms. The van der Waals surface area contributed by atoms with Gasteiger partial charge in [-0.05, 0) is 59.2 Å². The second-order valence-electron chi connectivity index (χ2n) is 8.59. The predicted molar refractivity (Wildman–Crippen MR) is 130 cm³/mol. The summed E-state index contributed by atoms with van der Waals surface area (Å²) in [5.41, 5.74) is 0.475. The predicted octanol–water partition coefficient (Wildman–Crippen LogP) is -12.7. The van der Waals surface area contributed by atoms with E-state index >= 15 is 0 Å². The van der Waals surface area contributed by atoms with E-state index in [4.69, 9.17) is 9.47 Å². The van der Waals surface area contributed by atoms with Gasteiger partial charge in [0.2, 0.25) is 20.8 Å². The van der Waals surface area contributed by atoms with E-state index in [9.17, 15) is 51.9 Å². The van der Waals surface area contributed by atoms with Crippen LogP contribution in [0, 0.1) is 11.8 Å². The molecule has 0 heterocycles. The van der Waals surface area contributed by atoms with E-state index in [1.165, 1.54) is 12.1 Å². The Morgan fingerprint density at radius 1 is 0.630 bits per heavy atom. The van der Waals surface area contributed by atoms with Crippen molar-refractivity contribution in [1.29, 1.82) is 0 Å². The molecule has 0 aromatic heterocycles. The first-order chi connectivity index (χ1) is 19.2. The number of fused-ring (bicyclic) bond motifs is 1. The van der Waals surface area contributed by atoms with Crippen LogP contribution >= 0.6 is 0 Å². The molecule has 1 aliphatic carbocycles. The molecule has 0 N–H and O–H groups in total. The van der Waals surface area contributed by atoms with Crippen LogP contribution in [-0.2, 0) is 56.4 Å². The Labute approximate surface area is 354 Å². The smallest absolute Gasteiger partial charge is 0.726 e. The van der Waals surface area contributed by atoms with E-state index in [-0.39, 0.29) is 153 Å². The van der Waals surface area contributed by atoms with E-state index in [2.05, 4.69) is 16.7 Å². The molecule has 0 spiro atoms. The van der Waals surface area contributed by atoms with Crippen molar-refractivity contribution in [3.8, 4) is 23.0 Å². The van der Waals surface area contributed by atoms with Gasteiger partial charge in [-0.3, -0.25) is 8.37 Å². The van der Waals surface area contributed by atoms with Gasteiger partial charge in [0.15, 0.2) is 23.0 Å². The first-order valence-corrected chi connectivity index (χ1v) is 16.4. The normalized spacial score (nSPS) is 17.8. The maximum atomic E-state index is 11.4. The number of hydrogen-bond donors (Lipinski definition) is 0. The summed E-state index contributed by atoms with van der Waals surface area (Å²) >= 11 is 0. The average Bonchev–Trinajstić information content (AvgIpc) is 2.83. The Balaban J connectivity index is 0. The molecule has 18 nitrogen and oxygen atoms in total. The molecule has 0 radical (unpaired) electrons. The minimum atomic E-state index is -5.35. The zero-order valence-corrected chi connectivity index (χ0v) is 36.5. The Bertz CT molecular complexity index is 1770. The molecular weight excluding hydrogens is 748 g/mol. The van der Waals surface area contributed by atoms with Gasteiger partial charge < -0.3 is 36.1 Å². The van der Waals surface area contributed by atoms with Gasteiger partial charge in [0.25, 0.3) is 20.8 Å². The molecule has 2 aromatic carbocycles. The van der Waals surface area contributed by atoms with Gasteiger partial charge in [-0.1, -0.05) is 6.07 Å². The molecular formula is C20H20Na4O18S4. The zero-order valence-electron chi connectivity index (χ0n) is 25.2. The summed E-state index contributed by atoms with van der Waals surface area (Å²) in [6.45, 7) is -1.77. The van der Waals surface area contributed by atoms with Crippen molar-refractivity contribution in [3.63, 3.8) is 0 Å². The number of hydrogen-bond acceptors (Lipinski definition) is 18. The van der Waals surface area contributed by atoms with Gasteiger partial charge in [0.05, 0.1) is 27.4 Å². The van der Waals surface area contributed by atoms with Crippen LogP contribution in [-0.4, -0.2) is 79.3 Å². The summed E-state index contributed by atoms with van der Waals surface area (Å²) in [7, 11) is -19.0. The fourth-order valence-corrected chi connectivity index (χ4v) is 5.96. The van der Waals surface area contributed by atoms with E-state index in [0.29, 0.717) is 0 Å². The fraction of sp³-hybridized carbons (Fsp3) is 0.400. The summed E-state index contributed by atoms with van der Waals surface area (Å²) in [6.07, 6.45) is -0.193. The molecule has 0 fully saturated rings. The van der Waals surface area contributed by atoms with Gasteiger partial charge in [0.1, 0.15) is 0 Å². The van der Waals surface area contributed by atoms with Gasteiger partial charge in [-0.15, -0.1) is 0 Å². The largest absolute Gasteiger partial charge is 1.00 e. The van der Waals surface area contributed by atoms with Crippen molar-refractivity contribution < 1.29 is 196 Å². The average molecular weight is 769 g/mol. The van der Waals surface area contributed by atoms with Crippen molar-refractivity contribution in [1.82, 2.24) is 0 Å². The number of benzene rings is 2. The monoisotopic (exact) mass is 768 g/mol. The third-order valence-electron chi connectivity index (χ3n) is 6.04. The van der Waals surface area contributed by atoms with Crippen LogP contribution in [0.2, 0.25) is 0 Å². The van der Waals surface area contributed by atoms with E-state index in [0.717, 1.165) is 32.4 Å². The molecule has 1 aliphatic rings. The van der Waals surface area contributed by atoms with Crippen LogP contribution < -0.4 is 136 Å². The topological polar surface area (TPSA) is 284 Å². The SMILES string of the molecule is COc1cc([C@H]2c3cc(OS(=O)(=O)[O-])c(OC)cc3C[C@@H](COS(=O)(=O)[O-])[C@@H]2COS(=O)(=O)[O-])ccc1OS(=O)(=O)[O-].[Na+].[Na+].[Na+].[Na+]. The Hall–Kier alpha value is 1.20. The van der Waals surface area contributed by atoms with Crippen LogP contribution in [0.4, 0.5) is 0 Å². The molecule has 236 valence electrons. The van der Waals surface area contributed by atoms with Gasteiger partial charge in [-0.25, -0.2) is 33.7 Å². The van der Waals surface area contributed by atoms with Crippen LogP contribution in [0.1, 0.15) is 22.6 Å². The molecule has 0 amide bonds. The van der Waals surface area contributed by atoms with Crippen molar-refractivity contribution in [2.45, 2.75) is 12.3 Å². The molecule has 2 aromatic rings. The molecule has 3 rings (SSSR count). The minimum absolute atomic E-state index is 0. The molecule has 0 aliphatic heterocycles. The van der Waals surface area contributed by atoms with Crippen molar-refractivity contribution >= 4 is 41.6 Å². The summed E-state index contributed by atoms with van der Waals surface area (Å²) in [5.74, 6) is -5.30. The summed E-state index contributed by atoms with van der Waals surface area (Å²) in [5, 5.41) is 0. The maximum absolute atomic E-state index is 11.4. The number of methoxy groups -OCH3 is 2. The summed E-state index contributed by atoms with van der Waals surface area (Å²) < 4.78 is 163. The minimum Gasteiger partial charge on any atom is -0.726 e. The van der Waals surface area contributed by atoms with Crippen molar-refractivity contribution in [2.75, 3.05) is 27.4 Å². The first kappa shape index (κ1) is 49.3. The Morgan fingerprint density at radius 2 is 1.11 bits per heavy atom. The summed E-state index contributed by atoms with van der Waals surface area (Å²) in [6, 6.07) is 5.57. The second kappa shape index (κ2) is 19.7. The number of ether oxygens (including phenoxy) is 2. The summed E-state index contributed by atoms with van der Waals surface area (Å²) in [4.78, 5) is 0. The first-order valence-electron chi connectivity index (χ1n) is 11.1. The molecule has 0 saturated carbocycles. The fourth-order valence-electron chi connectivity index (χ4n) is 4.59. The molecule has 0 saturated heterocycles. The maximum Gasteiger partial charge on any atom is 1.00 e. The molecule has 0 bridgehead atoms.